The van der Waals surface area contributed by atoms with E-state index < -0.39 is 11.7 Å². The van der Waals surface area contributed by atoms with Gasteiger partial charge >= 0.3 is 6.18 Å². The molecule has 2 rings (SSSR count). The Morgan fingerprint density at radius 2 is 1.63 bits per heavy atom. The second-order valence-electron chi connectivity index (χ2n) is 5.08. The maximum Gasteiger partial charge on any atom is 0.416 e. The van der Waals surface area contributed by atoms with Crippen LogP contribution in [0.1, 0.15) is 50.2 Å². The summed E-state index contributed by atoms with van der Waals surface area (Å²) < 4.78 is 37.4. The Bertz CT molecular complexity index is 439. The molecule has 104 valence electrons. The van der Waals surface area contributed by atoms with Gasteiger partial charge in [0.15, 0.2) is 0 Å². The SMILES string of the molecule is CC(=NC1CCCCC1)c1ccc(C(F)(F)F)cc1. The van der Waals surface area contributed by atoms with Crippen LogP contribution in [0.5, 0.6) is 0 Å². The van der Waals surface area contributed by atoms with Gasteiger partial charge in [0.25, 0.3) is 0 Å². The lowest BCUT2D eigenvalue weighted by molar-refractivity contribution is -0.137. The highest BCUT2D eigenvalue weighted by molar-refractivity contribution is 5.98. The molecule has 1 aromatic rings. The zero-order chi connectivity index (χ0) is 13.9. The van der Waals surface area contributed by atoms with Crippen molar-refractivity contribution in [3.05, 3.63) is 35.4 Å². The van der Waals surface area contributed by atoms with Crippen molar-refractivity contribution in [1.82, 2.24) is 0 Å². The van der Waals surface area contributed by atoms with Crippen molar-refractivity contribution < 1.29 is 13.2 Å². The van der Waals surface area contributed by atoms with E-state index in [2.05, 4.69) is 4.99 Å². The van der Waals surface area contributed by atoms with E-state index in [1.807, 2.05) is 6.92 Å². The minimum atomic E-state index is -4.27. The van der Waals surface area contributed by atoms with Gasteiger partial charge in [0.1, 0.15) is 0 Å². The Balaban J connectivity index is 2.10. The van der Waals surface area contributed by atoms with Crippen molar-refractivity contribution in [2.24, 2.45) is 4.99 Å². The molecule has 1 saturated carbocycles. The minimum Gasteiger partial charge on any atom is -0.286 e. The molecule has 0 atom stereocenters. The van der Waals surface area contributed by atoms with Gasteiger partial charge in [-0.1, -0.05) is 31.4 Å². The second kappa shape index (κ2) is 5.76. The van der Waals surface area contributed by atoms with Crippen LogP contribution in [0.15, 0.2) is 29.3 Å². The summed E-state index contributed by atoms with van der Waals surface area (Å²) in [5, 5.41) is 0. The summed E-state index contributed by atoms with van der Waals surface area (Å²) in [7, 11) is 0. The maximum absolute atomic E-state index is 12.5. The summed E-state index contributed by atoms with van der Waals surface area (Å²) in [4.78, 5) is 4.63. The van der Waals surface area contributed by atoms with Crippen LogP contribution >= 0.6 is 0 Å². The van der Waals surface area contributed by atoms with Gasteiger partial charge < -0.3 is 0 Å². The lowest BCUT2D eigenvalue weighted by Gasteiger charge is -2.18. The summed E-state index contributed by atoms with van der Waals surface area (Å²) in [6.45, 7) is 1.87. The monoisotopic (exact) mass is 269 g/mol. The van der Waals surface area contributed by atoms with Crippen molar-refractivity contribution in [2.75, 3.05) is 0 Å². The fourth-order valence-corrected chi connectivity index (χ4v) is 2.46. The van der Waals surface area contributed by atoms with Gasteiger partial charge in [-0.15, -0.1) is 0 Å². The van der Waals surface area contributed by atoms with Crippen LogP contribution < -0.4 is 0 Å². The molecule has 0 spiro atoms. The van der Waals surface area contributed by atoms with Crippen LogP contribution in [0.2, 0.25) is 0 Å². The van der Waals surface area contributed by atoms with Crippen LogP contribution in [0.4, 0.5) is 13.2 Å². The Hall–Kier alpha value is -1.32. The molecule has 0 heterocycles. The van der Waals surface area contributed by atoms with Crippen molar-refractivity contribution in [3.63, 3.8) is 0 Å². The number of rotatable bonds is 2. The summed E-state index contributed by atoms with van der Waals surface area (Å²) >= 11 is 0. The Labute approximate surface area is 111 Å². The predicted octanol–water partition coefficient (Wildman–Crippen LogP) is 4.85. The number of benzene rings is 1. The summed E-state index contributed by atoms with van der Waals surface area (Å²) in [6.07, 6.45) is 1.59. The van der Waals surface area contributed by atoms with E-state index in [9.17, 15) is 13.2 Å². The van der Waals surface area contributed by atoms with Crippen molar-refractivity contribution in [2.45, 2.75) is 51.2 Å². The first-order chi connectivity index (χ1) is 8.97. The molecule has 0 aromatic heterocycles. The number of aliphatic imine (C=N–C) groups is 1. The number of halogens is 3. The average molecular weight is 269 g/mol. The zero-order valence-corrected chi connectivity index (χ0v) is 11.0. The van der Waals surface area contributed by atoms with E-state index in [1.165, 1.54) is 31.4 Å². The number of hydrogen-bond donors (Lipinski definition) is 0. The fourth-order valence-electron chi connectivity index (χ4n) is 2.46. The molecule has 0 bridgehead atoms. The quantitative estimate of drug-likeness (QED) is 0.681. The summed E-state index contributed by atoms with van der Waals surface area (Å²) in [5.41, 5.74) is 1.00. The smallest absolute Gasteiger partial charge is 0.286 e. The number of hydrogen-bond acceptors (Lipinski definition) is 1. The number of alkyl halides is 3. The molecule has 1 aliphatic carbocycles. The molecule has 0 aliphatic heterocycles. The number of nitrogens with zero attached hydrogens (tertiary/aromatic N) is 1. The molecule has 0 unspecified atom stereocenters. The molecule has 0 radical (unpaired) electrons. The Morgan fingerprint density at radius 3 is 2.16 bits per heavy atom. The molecule has 1 aliphatic rings. The molecule has 0 saturated heterocycles. The first kappa shape index (κ1) is 14.1. The normalized spacial score (nSPS) is 18.6. The van der Waals surface area contributed by atoms with E-state index in [1.54, 1.807) is 0 Å². The zero-order valence-electron chi connectivity index (χ0n) is 11.0. The van der Waals surface area contributed by atoms with Crippen LogP contribution in [0.3, 0.4) is 0 Å². The van der Waals surface area contributed by atoms with Gasteiger partial charge in [0.05, 0.1) is 11.6 Å². The summed E-state index contributed by atoms with van der Waals surface area (Å²) in [5.74, 6) is 0. The molecule has 1 aromatic carbocycles. The Morgan fingerprint density at radius 1 is 1.05 bits per heavy atom. The first-order valence-electron chi connectivity index (χ1n) is 6.69. The lowest BCUT2D eigenvalue weighted by atomic mass is 9.95. The van der Waals surface area contributed by atoms with Crippen molar-refractivity contribution in [1.29, 1.82) is 0 Å². The average Bonchev–Trinajstić information content (AvgIpc) is 2.39. The maximum atomic E-state index is 12.5. The largest absolute Gasteiger partial charge is 0.416 e. The topological polar surface area (TPSA) is 12.4 Å². The molecule has 1 fully saturated rings. The van der Waals surface area contributed by atoms with Gasteiger partial charge in [0.2, 0.25) is 0 Å². The van der Waals surface area contributed by atoms with Gasteiger partial charge in [-0.05, 0) is 37.5 Å². The highest BCUT2D eigenvalue weighted by Crippen LogP contribution is 2.29. The van der Waals surface area contributed by atoms with E-state index in [0.717, 1.165) is 36.2 Å². The van der Waals surface area contributed by atoms with Crippen LogP contribution in [0, 0.1) is 0 Å². The molecular weight excluding hydrogens is 251 g/mol. The van der Waals surface area contributed by atoms with Crippen molar-refractivity contribution >= 4 is 5.71 Å². The third-order valence-electron chi connectivity index (χ3n) is 3.58. The molecule has 4 heteroatoms. The third kappa shape index (κ3) is 3.82. The molecule has 0 amide bonds. The lowest BCUT2D eigenvalue weighted by Crippen LogP contribution is -2.12. The van der Waals surface area contributed by atoms with Crippen molar-refractivity contribution in [3.8, 4) is 0 Å². The van der Waals surface area contributed by atoms with E-state index in [0.29, 0.717) is 6.04 Å². The highest BCUT2D eigenvalue weighted by Gasteiger charge is 2.30. The van der Waals surface area contributed by atoms with Crippen LogP contribution in [-0.4, -0.2) is 11.8 Å². The minimum absolute atomic E-state index is 0.344. The highest BCUT2D eigenvalue weighted by atomic mass is 19.4. The Kier molecular flexibility index (Phi) is 4.27. The van der Waals surface area contributed by atoms with Gasteiger partial charge in [0, 0.05) is 5.71 Å². The van der Waals surface area contributed by atoms with E-state index >= 15 is 0 Å². The molecule has 1 nitrogen and oxygen atoms in total. The second-order valence-corrected chi connectivity index (χ2v) is 5.08. The third-order valence-corrected chi connectivity index (χ3v) is 3.58. The van der Waals surface area contributed by atoms with Crippen LogP contribution in [0.25, 0.3) is 0 Å². The molecular formula is C15H18F3N. The standard InChI is InChI=1S/C15H18F3N/c1-11(19-14-5-3-2-4-6-14)12-7-9-13(10-8-12)15(16,17)18/h7-10,14H,2-6H2,1H3. The molecule has 19 heavy (non-hydrogen) atoms. The molecule has 0 N–H and O–H groups in total. The van der Waals surface area contributed by atoms with Gasteiger partial charge in [-0.2, -0.15) is 13.2 Å². The first-order valence-corrected chi connectivity index (χ1v) is 6.69. The van der Waals surface area contributed by atoms with E-state index in [4.69, 9.17) is 0 Å². The van der Waals surface area contributed by atoms with E-state index in [-0.39, 0.29) is 0 Å². The van der Waals surface area contributed by atoms with Gasteiger partial charge in [-0.25, -0.2) is 0 Å². The van der Waals surface area contributed by atoms with Gasteiger partial charge in [-0.3, -0.25) is 4.99 Å². The van der Waals surface area contributed by atoms with Crippen LogP contribution in [-0.2, 0) is 6.18 Å². The fraction of sp³-hybridized carbons (Fsp3) is 0.533. The predicted molar refractivity (Wildman–Crippen MR) is 70.5 cm³/mol. The summed E-state index contributed by atoms with van der Waals surface area (Å²) in [6, 6.07) is 5.59.